The number of aliphatic carboxylic acids is 1. The summed E-state index contributed by atoms with van der Waals surface area (Å²) in [6.07, 6.45) is 0. The van der Waals surface area contributed by atoms with Crippen LogP contribution in [0.1, 0.15) is 29.9 Å². The van der Waals surface area contributed by atoms with Crippen LogP contribution >= 0.6 is 0 Å². The maximum atomic E-state index is 11.0. The maximum Gasteiger partial charge on any atom is 0.317 e. The summed E-state index contributed by atoms with van der Waals surface area (Å²) in [5, 5.41) is 13.4. The van der Waals surface area contributed by atoms with Crippen molar-refractivity contribution in [2.24, 2.45) is 7.05 Å². The number of methoxy groups -OCH3 is 1. The van der Waals surface area contributed by atoms with Crippen LogP contribution in [0.4, 0.5) is 0 Å². The Morgan fingerprint density at radius 3 is 2.58 bits per heavy atom. The molecular weight excluding hydrogens is 246 g/mol. The standard InChI is InChI=1S/C13H23N3O3/c1-9-13(10(2)15(4)14-9)11(3)16(6-7-19-5)8-12(17)18/h11H,6-8H2,1-5H3,(H,17,18). The predicted molar refractivity (Wildman–Crippen MR) is 72.2 cm³/mol. The zero-order valence-electron chi connectivity index (χ0n) is 12.3. The summed E-state index contributed by atoms with van der Waals surface area (Å²) in [5.74, 6) is -0.831. The van der Waals surface area contributed by atoms with E-state index in [9.17, 15) is 4.79 Å². The molecule has 1 heterocycles. The molecule has 0 aromatic carbocycles. The molecule has 1 atom stereocenters. The van der Waals surface area contributed by atoms with Crippen LogP contribution in [0.15, 0.2) is 0 Å². The zero-order chi connectivity index (χ0) is 14.6. The van der Waals surface area contributed by atoms with Gasteiger partial charge in [-0.2, -0.15) is 5.10 Å². The second-order valence-electron chi connectivity index (χ2n) is 4.74. The van der Waals surface area contributed by atoms with Crippen molar-refractivity contribution in [1.29, 1.82) is 0 Å². The molecule has 1 aromatic heterocycles. The summed E-state index contributed by atoms with van der Waals surface area (Å²) < 4.78 is 6.88. The molecule has 0 spiro atoms. The van der Waals surface area contributed by atoms with Crippen LogP contribution in [0.3, 0.4) is 0 Å². The predicted octanol–water partition coefficient (Wildman–Crippen LogP) is 1.13. The first-order chi connectivity index (χ1) is 8.88. The Bertz CT molecular complexity index is 443. The average molecular weight is 269 g/mol. The second kappa shape index (κ2) is 6.68. The molecule has 19 heavy (non-hydrogen) atoms. The molecular formula is C13H23N3O3. The normalized spacial score (nSPS) is 12.9. The first-order valence-electron chi connectivity index (χ1n) is 6.33. The van der Waals surface area contributed by atoms with Gasteiger partial charge in [-0.15, -0.1) is 0 Å². The molecule has 0 saturated heterocycles. The van der Waals surface area contributed by atoms with Crippen molar-refractivity contribution in [3.05, 3.63) is 17.0 Å². The van der Waals surface area contributed by atoms with E-state index in [1.165, 1.54) is 0 Å². The van der Waals surface area contributed by atoms with Gasteiger partial charge in [0.15, 0.2) is 0 Å². The second-order valence-corrected chi connectivity index (χ2v) is 4.74. The fraction of sp³-hybridized carbons (Fsp3) is 0.692. The number of nitrogens with zero attached hydrogens (tertiary/aromatic N) is 3. The highest BCUT2D eigenvalue weighted by Gasteiger charge is 2.23. The van der Waals surface area contributed by atoms with E-state index in [0.717, 1.165) is 17.0 Å². The van der Waals surface area contributed by atoms with Crippen molar-refractivity contribution < 1.29 is 14.6 Å². The van der Waals surface area contributed by atoms with E-state index >= 15 is 0 Å². The maximum absolute atomic E-state index is 11.0. The Kier molecular flexibility index (Phi) is 5.50. The molecule has 0 amide bonds. The van der Waals surface area contributed by atoms with Gasteiger partial charge in [0.25, 0.3) is 0 Å². The number of carboxylic acid groups (broad SMARTS) is 1. The minimum Gasteiger partial charge on any atom is -0.480 e. The molecule has 1 unspecified atom stereocenters. The van der Waals surface area contributed by atoms with Crippen LogP contribution < -0.4 is 0 Å². The van der Waals surface area contributed by atoms with E-state index in [0.29, 0.717) is 13.2 Å². The van der Waals surface area contributed by atoms with Crippen molar-refractivity contribution in [2.75, 3.05) is 26.8 Å². The number of rotatable bonds is 7. The average Bonchev–Trinajstić information content (AvgIpc) is 2.57. The van der Waals surface area contributed by atoms with Crippen molar-refractivity contribution >= 4 is 5.97 Å². The Morgan fingerprint density at radius 1 is 1.53 bits per heavy atom. The van der Waals surface area contributed by atoms with Crippen molar-refractivity contribution in [3.63, 3.8) is 0 Å². The highest BCUT2D eigenvalue weighted by atomic mass is 16.5. The highest BCUT2D eigenvalue weighted by molar-refractivity contribution is 5.69. The van der Waals surface area contributed by atoms with E-state index < -0.39 is 5.97 Å². The fourth-order valence-electron chi connectivity index (χ4n) is 2.37. The molecule has 1 rings (SSSR count). The van der Waals surface area contributed by atoms with Crippen LogP contribution in [-0.4, -0.2) is 52.6 Å². The lowest BCUT2D eigenvalue weighted by molar-refractivity contribution is -0.139. The van der Waals surface area contributed by atoms with E-state index in [2.05, 4.69) is 5.10 Å². The van der Waals surface area contributed by atoms with Gasteiger partial charge in [0, 0.05) is 38.0 Å². The van der Waals surface area contributed by atoms with Gasteiger partial charge in [-0.25, -0.2) is 0 Å². The Morgan fingerprint density at radius 2 is 2.16 bits per heavy atom. The largest absolute Gasteiger partial charge is 0.480 e. The summed E-state index contributed by atoms with van der Waals surface area (Å²) >= 11 is 0. The molecule has 0 fully saturated rings. The number of carbonyl (C=O) groups is 1. The quantitative estimate of drug-likeness (QED) is 0.803. The van der Waals surface area contributed by atoms with E-state index in [-0.39, 0.29) is 12.6 Å². The highest BCUT2D eigenvalue weighted by Crippen LogP contribution is 2.25. The van der Waals surface area contributed by atoms with Crippen LogP contribution in [0.25, 0.3) is 0 Å². The number of hydrogen-bond acceptors (Lipinski definition) is 4. The van der Waals surface area contributed by atoms with E-state index in [1.54, 1.807) is 7.11 Å². The molecule has 6 heteroatoms. The topological polar surface area (TPSA) is 67.6 Å². The van der Waals surface area contributed by atoms with Gasteiger partial charge in [-0.1, -0.05) is 0 Å². The smallest absolute Gasteiger partial charge is 0.317 e. The number of aryl methyl sites for hydroxylation is 2. The molecule has 0 radical (unpaired) electrons. The molecule has 108 valence electrons. The summed E-state index contributed by atoms with van der Waals surface area (Å²) in [6, 6.07) is -0.0000463. The summed E-state index contributed by atoms with van der Waals surface area (Å²) in [7, 11) is 3.51. The van der Waals surface area contributed by atoms with Gasteiger partial charge >= 0.3 is 5.97 Å². The fourth-order valence-corrected chi connectivity index (χ4v) is 2.37. The van der Waals surface area contributed by atoms with Crippen molar-refractivity contribution in [1.82, 2.24) is 14.7 Å². The molecule has 0 aliphatic carbocycles. The third-order valence-corrected chi connectivity index (χ3v) is 3.45. The van der Waals surface area contributed by atoms with Crippen LogP contribution in [0.5, 0.6) is 0 Å². The Balaban J connectivity index is 2.96. The van der Waals surface area contributed by atoms with E-state index in [1.807, 2.05) is 37.4 Å². The van der Waals surface area contributed by atoms with Crippen LogP contribution in [0.2, 0.25) is 0 Å². The lowest BCUT2D eigenvalue weighted by Gasteiger charge is -2.27. The molecule has 0 bridgehead atoms. The molecule has 0 saturated carbocycles. The molecule has 6 nitrogen and oxygen atoms in total. The SMILES string of the molecule is COCCN(CC(=O)O)C(C)c1c(C)nn(C)c1C. The molecule has 1 N–H and O–H groups in total. The first-order valence-corrected chi connectivity index (χ1v) is 6.33. The molecule has 0 aliphatic heterocycles. The summed E-state index contributed by atoms with van der Waals surface area (Å²) in [4.78, 5) is 12.9. The van der Waals surface area contributed by atoms with Crippen molar-refractivity contribution in [3.8, 4) is 0 Å². The molecule has 1 aromatic rings. The van der Waals surface area contributed by atoms with Gasteiger partial charge in [-0.3, -0.25) is 14.4 Å². The lowest BCUT2D eigenvalue weighted by Crippen LogP contribution is -2.35. The Labute approximate surface area is 114 Å². The minimum atomic E-state index is -0.831. The number of carboxylic acids is 1. The van der Waals surface area contributed by atoms with Gasteiger partial charge in [0.1, 0.15) is 0 Å². The first kappa shape index (κ1) is 15.7. The molecule has 0 aliphatic rings. The van der Waals surface area contributed by atoms with Gasteiger partial charge in [0.05, 0.1) is 18.8 Å². The summed E-state index contributed by atoms with van der Waals surface area (Å²) in [5.41, 5.74) is 3.11. The third-order valence-electron chi connectivity index (χ3n) is 3.45. The lowest BCUT2D eigenvalue weighted by atomic mass is 10.0. The van der Waals surface area contributed by atoms with Gasteiger partial charge in [0.2, 0.25) is 0 Å². The number of ether oxygens (including phenoxy) is 1. The third kappa shape index (κ3) is 3.78. The van der Waals surface area contributed by atoms with Crippen LogP contribution in [-0.2, 0) is 16.6 Å². The monoisotopic (exact) mass is 269 g/mol. The minimum absolute atomic E-state index is 0.0000463. The van der Waals surface area contributed by atoms with Crippen molar-refractivity contribution in [2.45, 2.75) is 26.8 Å². The van der Waals surface area contributed by atoms with Gasteiger partial charge in [-0.05, 0) is 20.8 Å². The Hall–Kier alpha value is -1.40. The number of hydrogen-bond donors (Lipinski definition) is 1. The van der Waals surface area contributed by atoms with Crippen LogP contribution in [0, 0.1) is 13.8 Å². The number of aromatic nitrogens is 2. The van der Waals surface area contributed by atoms with Gasteiger partial charge < -0.3 is 9.84 Å². The van der Waals surface area contributed by atoms with E-state index in [4.69, 9.17) is 9.84 Å². The summed E-state index contributed by atoms with van der Waals surface area (Å²) in [6.45, 7) is 7.05. The zero-order valence-corrected chi connectivity index (χ0v) is 12.3.